The molecule has 0 aliphatic carbocycles. The van der Waals surface area contributed by atoms with Gasteiger partial charge in [-0.25, -0.2) is 4.79 Å². The number of nitrogens with one attached hydrogen (secondary N) is 1. The fourth-order valence-electron chi connectivity index (χ4n) is 3.16. The van der Waals surface area contributed by atoms with Crippen LogP contribution in [0.4, 0.5) is 16.2 Å². The Hall–Kier alpha value is -2.82. The van der Waals surface area contributed by atoms with Crippen LogP contribution in [0.5, 0.6) is 0 Å². The average molecular weight is 351 g/mol. The molecule has 0 bridgehead atoms. The van der Waals surface area contributed by atoms with Crippen molar-refractivity contribution in [2.75, 3.05) is 23.3 Å². The van der Waals surface area contributed by atoms with E-state index < -0.39 is 6.04 Å². The summed E-state index contributed by atoms with van der Waals surface area (Å²) < 4.78 is 0. The standard InChI is InChI=1S/C21H25N3O2/c1-15(2)17-9-11-19(12-10-17)24-14-13-23(16(3)20(24)25)21(26)22-18-7-5-4-6-8-18/h4-12,15-16H,13-14H2,1-3H3,(H,22,26). The molecule has 1 aliphatic rings. The van der Waals surface area contributed by atoms with Gasteiger partial charge in [-0.05, 0) is 42.7 Å². The maximum absolute atomic E-state index is 12.8. The molecule has 0 aromatic heterocycles. The summed E-state index contributed by atoms with van der Waals surface area (Å²) in [5, 5.41) is 2.85. The molecule has 1 aliphatic heterocycles. The van der Waals surface area contributed by atoms with Crippen LogP contribution in [0.25, 0.3) is 0 Å². The SMILES string of the molecule is CC(C)c1ccc(N2CCN(C(=O)Nc3ccccc3)C(C)C2=O)cc1. The summed E-state index contributed by atoms with van der Waals surface area (Å²) in [4.78, 5) is 28.7. The van der Waals surface area contributed by atoms with E-state index in [2.05, 4.69) is 31.3 Å². The molecule has 5 heteroatoms. The van der Waals surface area contributed by atoms with Gasteiger partial charge in [-0.1, -0.05) is 44.2 Å². The van der Waals surface area contributed by atoms with Gasteiger partial charge in [0.25, 0.3) is 0 Å². The summed E-state index contributed by atoms with van der Waals surface area (Å²) in [5.41, 5.74) is 2.85. The Morgan fingerprint density at radius 1 is 1.04 bits per heavy atom. The van der Waals surface area contributed by atoms with Crippen molar-refractivity contribution in [1.29, 1.82) is 0 Å². The van der Waals surface area contributed by atoms with Gasteiger partial charge in [0, 0.05) is 24.5 Å². The van der Waals surface area contributed by atoms with E-state index in [0.29, 0.717) is 19.0 Å². The summed E-state index contributed by atoms with van der Waals surface area (Å²) in [5.74, 6) is 0.397. The maximum atomic E-state index is 12.8. The van der Waals surface area contributed by atoms with Crippen LogP contribution < -0.4 is 10.2 Å². The molecule has 0 spiro atoms. The number of anilines is 2. The van der Waals surface area contributed by atoms with Crippen molar-refractivity contribution in [2.24, 2.45) is 0 Å². The van der Waals surface area contributed by atoms with Crippen molar-refractivity contribution in [3.8, 4) is 0 Å². The molecule has 3 rings (SSSR count). The molecule has 1 N–H and O–H groups in total. The highest BCUT2D eigenvalue weighted by atomic mass is 16.2. The largest absolute Gasteiger partial charge is 0.322 e. The molecule has 1 fully saturated rings. The second-order valence-corrected chi connectivity index (χ2v) is 6.90. The Labute approximate surface area is 154 Å². The van der Waals surface area contributed by atoms with Crippen molar-refractivity contribution in [2.45, 2.75) is 32.7 Å². The highest BCUT2D eigenvalue weighted by Gasteiger charge is 2.35. The van der Waals surface area contributed by atoms with E-state index in [1.165, 1.54) is 5.56 Å². The van der Waals surface area contributed by atoms with E-state index in [0.717, 1.165) is 11.4 Å². The first-order valence-electron chi connectivity index (χ1n) is 9.01. The first-order valence-corrected chi connectivity index (χ1v) is 9.01. The van der Waals surface area contributed by atoms with Crippen molar-refractivity contribution in [3.63, 3.8) is 0 Å². The zero-order valence-electron chi connectivity index (χ0n) is 15.5. The monoisotopic (exact) mass is 351 g/mol. The summed E-state index contributed by atoms with van der Waals surface area (Å²) >= 11 is 0. The average Bonchev–Trinajstić information content (AvgIpc) is 2.64. The van der Waals surface area contributed by atoms with Crippen molar-refractivity contribution in [3.05, 3.63) is 60.2 Å². The van der Waals surface area contributed by atoms with Gasteiger partial charge in [-0.3, -0.25) is 4.79 Å². The maximum Gasteiger partial charge on any atom is 0.322 e. The fraction of sp³-hybridized carbons (Fsp3) is 0.333. The summed E-state index contributed by atoms with van der Waals surface area (Å²) in [6.07, 6.45) is 0. The van der Waals surface area contributed by atoms with E-state index >= 15 is 0 Å². The predicted octanol–water partition coefficient (Wildman–Crippen LogP) is 4.08. The van der Waals surface area contributed by atoms with E-state index in [9.17, 15) is 9.59 Å². The number of carbonyl (C=O) groups excluding carboxylic acids is 2. The van der Waals surface area contributed by atoms with Crippen LogP contribution in [0.3, 0.4) is 0 Å². The molecule has 136 valence electrons. The van der Waals surface area contributed by atoms with Gasteiger partial charge < -0.3 is 15.1 Å². The fourth-order valence-corrected chi connectivity index (χ4v) is 3.16. The lowest BCUT2D eigenvalue weighted by molar-refractivity contribution is -0.123. The lowest BCUT2D eigenvalue weighted by Gasteiger charge is -2.39. The van der Waals surface area contributed by atoms with E-state index in [-0.39, 0.29) is 11.9 Å². The number of carbonyl (C=O) groups is 2. The minimum absolute atomic E-state index is 0.0586. The molecular formula is C21H25N3O2. The number of para-hydroxylation sites is 1. The van der Waals surface area contributed by atoms with Gasteiger partial charge in [-0.15, -0.1) is 0 Å². The van der Waals surface area contributed by atoms with Crippen LogP contribution >= 0.6 is 0 Å². The Balaban J connectivity index is 1.69. The second kappa shape index (κ2) is 7.60. The molecule has 1 heterocycles. The van der Waals surface area contributed by atoms with Crippen LogP contribution in [0, 0.1) is 0 Å². The minimum Gasteiger partial charge on any atom is -0.311 e. The molecule has 2 aromatic carbocycles. The number of urea groups is 1. The zero-order chi connectivity index (χ0) is 18.7. The van der Waals surface area contributed by atoms with Gasteiger partial charge in [0.05, 0.1) is 0 Å². The Kier molecular flexibility index (Phi) is 5.26. The number of rotatable bonds is 3. The Morgan fingerprint density at radius 2 is 1.69 bits per heavy atom. The molecule has 5 nitrogen and oxygen atoms in total. The lowest BCUT2D eigenvalue weighted by atomic mass is 10.0. The number of hydrogen-bond acceptors (Lipinski definition) is 2. The lowest BCUT2D eigenvalue weighted by Crippen LogP contribution is -2.58. The molecule has 2 aromatic rings. The molecule has 1 saturated heterocycles. The Morgan fingerprint density at radius 3 is 2.31 bits per heavy atom. The van der Waals surface area contributed by atoms with Crippen molar-refractivity contribution in [1.82, 2.24) is 4.90 Å². The molecule has 0 saturated carbocycles. The van der Waals surface area contributed by atoms with Crippen molar-refractivity contribution < 1.29 is 9.59 Å². The molecular weight excluding hydrogens is 326 g/mol. The number of piperazine rings is 1. The van der Waals surface area contributed by atoms with Gasteiger partial charge in [0.1, 0.15) is 6.04 Å². The smallest absolute Gasteiger partial charge is 0.311 e. The normalized spacial score (nSPS) is 17.5. The van der Waals surface area contributed by atoms with Crippen molar-refractivity contribution >= 4 is 23.3 Å². The third-order valence-electron chi connectivity index (χ3n) is 4.81. The van der Waals surface area contributed by atoms with Crippen LogP contribution in [0.15, 0.2) is 54.6 Å². The number of benzene rings is 2. The van der Waals surface area contributed by atoms with Gasteiger partial charge in [-0.2, -0.15) is 0 Å². The van der Waals surface area contributed by atoms with Gasteiger partial charge in [0.2, 0.25) is 5.91 Å². The summed E-state index contributed by atoms with van der Waals surface area (Å²) in [6.45, 7) is 7.06. The first-order chi connectivity index (χ1) is 12.5. The molecule has 3 amide bonds. The first kappa shape index (κ1) is 18.0. The molecule has 1 unspecified atom stereocenters. The van der Waals surface area contributed by atoms with Gasteiger partial charge in [0.15, 0.2) is 0 Å². The van der Waals surface area contributed by atoms with Crippen LogP contribution in [-0.4, -0.2) is 36.0 Å². The highest BCUT2D eigenvalue weighted by Crippen LogP contribution is 2.24. The quantitative estimate of drug-likeness (QED) is 0.906. The summed E-state index contributed by atoms with van der Waals surface area (Å²) in [6, 6.07) is 16.6. The zero-order valence-corrected chi connectivity index (χ0v) is 15.5. The third kappa shape index (κ3) is 3.72. The summed E-state index contributed by atoms with van der Waals surface area (Å²) in [7, 11) is 0. The van der Waals surface area contributed by atoms with E-state index in [4.69, 9.17) is 0 Å². The third-order valence-corrected chi connectivity index (χ3v) is 4.81. The van der Waals surface area contributed by atoms with Crippen LogP contribution in [0.1, 0.15) is 32.3 Å². The Bertz CT molecular complexity index is 772. The number of nitrogens with zero attached hydrogens (tertiary/aromatic N) is 2. The minimum atomic E-state index is -0.503. The van der Waals surface area contributed by atoms with Gasteiger partial charge >= 0.3 is 6.03 Å². The van der Waals surface area contributed by atoms with E-state index in [1.807, 2.05) is 42.5 Å². The number of hydrogen-bond donors (Lipinski definition) is 1. The van der Waals surface area contributed by atoms with Crippen LogP contribution in [-0.2, 0) is 4.79 Å². The molecule has 0 radical (unpaired) electrons. The predicted molar refractivity (Wildman–Crippen MR) is 105 cm³/mol. The van der Waals surface area contributed by atoms with Crippen LogP contribution in [0.2, 0.25) is 0 Å². The second-order valence-electron chi connectivity index (χ2n) is 6.90. The highest BCUT2D eigenvalue weighted by molar-refractivity contribution is 6.01. The molecule has 26 heavy (non-hydrogen) atoms. The topological polar surface area (TPSA) is 52.6 Å². The number of amides is 3. The molecule has 1 atom stereocenters. The van der Waals surface area contributed by atoms with E-state index in [1.54, 1.807) is 16.7 Å².